The molecule has 3 aromatic carbocycles. The maximum absolute atomic E-state index is 12.8. The lowest BCUT2D eigenvalue weighted by Gasteiger charge is -2.17. The smallest absolute Gasteiger partial charge is 0.337 e. The summed E-state index contributed by atoms with van der Waals surface area (Å²) in [5.41, 5.74) is 2.48. The fourth-order valence-electron chi connectivity index (χ4n) is 3.15. The Bertz CT molecular complexity index is 1350. The standard InChI is InChI=1S/C26H28O8S2/c1-20-10-14-23(15-11-20)35(28,29)33-18-6-9-25(26(27)32-19-22-7-4-3-5-8-22)34-36(30,31)24-16-12-21(2)13-17-24/h3-5,7-8,10-17,25H,6,9,18-19H2,1-2H3. The normalized spacial score (nSPS) is 12.7. The van der Waals surface area contributed by atoms with Gasteiger partial charge in [0.1, 0.15) is 6.61 Å². The minimum atomic E-state index is -4.28. The number of benzene rings is 3. The summed E-state index contributed by atoms with van der Waals surface area (Å²) in [6.45, 7) is 3.31. The number of carbonyl (C=O) groups excluding carboxylic acids is 1. The number of ether oxygens (including phenoxy) is 1. The van der Waals surface area contributed by atoms with Crippen molar-refractivity contribution in [3.8, 4) is 0 Å². The SMILES string of the molecule is Cc1ccc(S(=O)(=O)OCCCC(OS(=O)(=O)c2ccc(C)cc2)C(=O)OCc2ccccc2)cc1. The van der Waals surface area contributed by atoms with Gasteiger partial charge in [0.15, 0.2) is 6.10 Å². The second-order valence-corrected chi connectivity index (χ2v) is 11.4. The van der Waals surface area contributed by atoms with Gasteiger partial charge in [-0.15, -0.1) is 0 Å². The number of hydrogen-bond donors (Lipinski definition) is 0. The van der Waals surface area contributed by atoms with Gasteiger partial charge in [-0.05, 0) is 56.5 Å². The van der Waals surface area contributed by atoms with Crippen LogP contribution in [0, 0.1) is 13.8 Å². The van der Waals surface area contributed by atoms with Crippen molar-refractivity contribution >= 4 is 26.2 Å². The molecule has 0 radical (unpaired) electrons. The van der Waals surface area contributed by atoms with E-state index < -0.39 is 32.3 Å². The van der Waals surface area contributed by atoms with E-state index >= 15 is 0 Å². The maximum atomic E-state index is 12.8. The lowest BCUT2D eigenvalue weighted by molar-refractivity contribution is -0.153. The van der Waals surface area contributed by atoms with Crippen LogP contribution in [0.25, 0.3) is 0 Å². The lowest BCUT2D eigenvalue weighted by atomic mass is 10.2. The summed E-state index contributed by atoms with van der Waals surface area (Å²) >= 11 is 0. The Morgan fingerprint density at radius 1 is 0.750 bits per heavy atom. The highest BCUT2D eigenvalue weighted by Crippen LogP contribution is 2.20. The third kappa shape index (κ3) is 7.99. The highest BCUT2D eigenvalue weighted by atomic mass is 32.2. The molecule has 0 heterocycles. The van der Waals surface area contributed by atoms with Gasteiger partial charge in [-0.1, -0.05) is 65.7 Å². The van der Waals surface area contributed by atoms with Crippen LogP contribution in [0.3, 0.4) is 0 Å². The van der Waals surface area contributed by atoms with Gasteiger partial charge in [-0.2, -0.15) is 16.8 Å². The summed E-state index contributed by atoms with van der Waals surface area (Å²) in [7, 11) is -8.28. The summed E-state index contributed by atoms with van der Waals surface area (Å²) in [6, 6.07) is 21.1. The van der Waals surface area contributed by atoms with Gasteiger partial charge in [0.25, 0.3) is 20.2 Å². The monoisotopic (exact) mass is 532 g/mol. The first-order valence-corrected chi connectivity index (χ1v) is 14.0. The molecule has 36 heavy (non-hydrogen) atoms. The van der Waals surface area contributed by atoms with Crippen LogP contribution in [0.15, 0.2) is 88.7 Å². The quantitative estimate of drug-likeness (QED) is 0.193. The van der Waals surface area contributed by atoms with Crippen LogP contribution >= 0.6 is 0 Å². The Morgan fingerprint density at radius 3 is 1.83 bits per heavy atom. The Kier molecular flexibility index (Phi) is 9.38. The maximum Gasteiger partial charge on any atom is 0.337 e. The molecule has 1 atom stereocenters. The van der Waals surface area contributed by atoms with E-state index in [4.69, 9.17) is 13.1 Å². The number of aryl methyl sites for hydroxylation is 2. The van der Waals surface area contributed by atoms with E-state index in [0.717, 1.165) is 16.7 Å². The molecule has 0 saturated carbocycles. The predicted molar refractivity (Wildman–Crippen MR) is 133 cm³/mol. The van der Waals surface area contributed by atoms with Crippen LogP contribution in [0.1, 0.15) is 29.5 Å². The van der Waals surface area contributed by atoms with E-state index in [-0.39, 0.29) is 35.8 Å². The van der Waals surface area contributed by atoms with Crippen molar-refractivity contribution in [2.45, 2.75) is 49.2 Å². The van der Waals surface area contributed by atoms with E-state index in [0.29, 0.717) is 0 Å². The fraction of sp³-hybridized carbons (Fsp3) is 0.269. The topological polar surface area (TPSA) is 113 Å². The fourth-order valence-corrected chi connectivity index (χ4v) is 5.15. The first-order chi connectivity index (χ1) is 17.1. The van der Waals surface area contributed by atoms with Crippen LogP contribution in [0.2, 0.25) is 0 Å². The minimum Gasteiger partial charge on any atom is -0.459 e. The molecule has 0 spiro atoms. The average Bonchev–Trinajstić information content (AvgIpc) is 2.85. The molecule has 0 aromatic heterocycles. The molecule has 0 fully saturated rings. The molecule has 0 amide bonds. The Hall–Kier alpha value is -3.05. The molecule has 0 bridgehead atoms. The van der Waals surface area contributed by atoms with Gasteiger partial charge in [0.2, 0.25) is 0 Å². The van der Waals surface area contributed by atoms with Gasteiger partial charge in [-0.3, -0.25) is 8.37 Å². The average molecular weight is 533 g/mol. The van der Waals surface area contributed by atoms with E-state index in [9.17, 15) is 21.6 Å². The summed E-state index contributed by atoms with van der Waals surface area (Å²) in [5, 5.41) is 0. The minimum absolute atomic E-state index is 0.00474. The molecule has 1 unspecified atom stereocenters. The molecule has 0 aliphatic heterocycles. The summed E-state index contributed by atoms with van der Waals surface area (Å²) < 4.78 is 65.9. The van der Waals surface area contributed by atoms with Crippen molar-refractivity contribution in [3.05, 3.63) is 95.6 Å². The van der Waals surface area contributed by atoms with Gasteiger partial charge >= 0.3 is 5.97 Å². The molecule has 3 aromatic rings. The second kappa shape index (κ2) is 12.3. The summed E-state index contributed by atoms with van der Waals surface area (Å²) in [6.07, 6.45) is -1.59. The molecule has 192 valence electrons. The lowest BCUT2D eigenvalue weighted by Crippen LogP contribution is -2.30. The highest BCUT2D eigenvalue weighted by Gasteiger charge is 2.29. The Labute approximate surface area is 212 Å². The summed E-state index contributed by atoms with van der Waals surface area (Å²) in [5.74, 6) is -0.879. The third-order valence-electron chi connectivity index (χ3n) is 5.20. The van der Waals surface area contributed by atoms with Crippen LogP contribution in [0.5, 0.6) is 0 Å². The molecule has 10 heteroatoms. The first-order valence-electron chi connectivity index (χ1n) is 11.2. The Balaban J connectivity index is 1.66. The van der Waals surface area contributed by atoms with Gasteiger partial charge in [-0.25, -0.2) is 4.79 Å². The van der Waals surface area contributed by atoms with E-state index in [1.54, 1.807) is 48.5 Å². The molecular formula is C26H28O8S2. The van der Waals surface area contributed by atoms with E-state index in [2.05, 4.69) is 0 Å². The van der Waals surface area contributed by atoms with E-state index in [1.807, 2.05) is 19.9 Å². The van der Waals surface area contributed by atoms with Crippen LogP contribution in [-0.2, 0) is 44.7 Å². The Morgan fingerprint density at radius 2 is 1.28 bits per heavy atom. The molecule has 8 nitrogen and oxygen atoms in total. The van der Waals surface area contributed by atoms with Crippen molar-refractivity contribution in [3.63, 3.8) is 0 Å². The van der Waals surface area contributed by atoms with Gasteiger partial charge in [0.05, 0.1) is 16.4 Å². The number of carbonyl (C=O) groups is 1. The zero-order chi connectivity index (χ0) is 26.2. The molecule has 3 rings (SSSR count). The zero-order valence-corrected chi connectivity index (χ0v) is 21.6. The van der Waals surface area contributed by atoms with Crippen molar-refractivity contribution in [2.75, 3.05) is 6.61 Å². The van der Waals surface area contributed by atoms with Crippen molar-refractivity contribution in [2.24, 2.45) is 0 Å². The highest BCUT2D eigenvalue weighted by molar-refractivity contribution is 7.87. The molecule has 0 N–H and O–H groups in total. The summed E-state index contributed by atoms with van der Waals surface area (Å²) in [4.78, 5) is 12.7. The first kappa shape index (κ1) is 27.5. The van der Waals surface area contributed by atoms with Crippen molar-refractivity contribution < 1.29 is 34.7 Å². The molecule has 0 aliphatic rings. The number of hydrogen-bond acceptors (Lipinski definition) is 8. The molecule has 0 saturated heterocycles. The second-order valence-electron chi connectivity index (χ2n) is 8.18. The predicted octanol–water partition coefficient (Wildman–Crippen LogP) is 4.31. The molecular weight excluding hydrogens is 504 g/mol. The molecule has 0 aliphatic carbocycles. The zero-order valence-electron chi connectivity index (χ0n) is 20.0. The van der Waals surface area contributed by atoms with Crippen molar-refractivity contribution in [1.29, 1.82) is 0 Å². The largest absolute Gasteiger partial charge is 0.459 e. The van der Waals surface area contributed by atoms with Gasteiger partial charge in [0, 0.05) is 0 Å². The number of rotatable bonds is 12. The van der Waals surface area contributed by atoms with Gasteiger partial charge < -0.3 is 4.74 Å². The van der Waals surface area contributed by atoms with E-state index in [1.165, 1.54) is 24.3 Å². The third-order valence-corrected chi connectivity index (χ3v) is 7.86. The van der Waals surface area contributed by atoms with Crippen molar-refractivity contribution in [1.82, 2.24) is 0 Å². The number of esters is 1. The van der Waals surface area contributed by atoms with Crippen LogP contribution < -0.4 is 0 Å². The van der Waals surface area contributed by atoms with Crippen LogP contribution in [0.4, 0.5) is 0 Å². The van der Waals surface area contributed by atoms with Crippen LogP contribution in [-0.4, -0.2) is 35.5 Å².